The number of likely N-dealkylation sites (tertiary alicyclic amines) is 1. The van der Waals surface area contributed by atoms with E-state index in [0.717, 1.165) is 0 Å². The highest BCUT2D eigenvalue weighted by Gasteiger charge is 2.02. The molecule has 0 aromatic heterocycles. The van der Waals surface area contributed by atoms with Crippen LogP contribution in [0.15, 0.2) is 0 Å². The van der Waals surface area contributed by atoms with E-state index in [-0.39, 0.29) is 31.0 Å². The lowest BCUT2D eigenvalue weighted by Gasteiger charge is -2.20. The third-order valence-corrected chi connectivity index (χ3v) is 1.58. The molecule has 3 N–H and O–H groups in total. The second kappa shape index (κ2) is 9.50. The zero-order valence-corrected chi connectivity index (χ0v) is 8.14. The van der Waals surface area contributed by atoms with Crippen molar-refractivity contribution in [2.24, 2.45) is 0 Å². The lowest BCUT2D eigenvalue weighted by atomic mass is 10.1. The molecule has 1 aliphatic heterocycles. The molecule has 0 spiro atoms. The zero-order chi connectivity index (χ0) is 5.11. The van der Waals surface area contributed by atoms with Gasteiger partial charge in [-0.1, -0.05) is 6.42 Å². The molecule has 0 saturated carbocycles. The van der Waals surface area contributed by atoms with E-state index < -0.39 is 0 Å². The fraction of sp³-hybridized carbons (Fsp3) is 1.00. The maximum Gasteiger partial charge on any atom is -0.00218 e. The molecule has 0 amide bonds. The van der Waals surface area contributed by atoms with Crippen LogP contribution in [-0.4, -0.2) is 25.0 Å². The summed E-state index contributed by atoms with van der Waals surface area (Å²) in [6.07, 6.45) is 4.28. The van der Waals surface area contributed by atoms with Gasteiger partial charge < -0.3 is 11.1 Å². The van der Waals surface area contributed by atoms with Gasteiger partial charge in [0, 0.05) is 0 Å². The van der Waals surface area contributed by atoms with Crippen molar-refractivity contribution in [3.8, 4) is 0 Å². The van der Waals surface area contributed by atoms with Crippen LogP contribution in [0.2, 0.25) is 0 Å². The number of nitrogens with zero attached hydrogens (tertiary/aromatic N) is 1. The number of hydrogen-bond donors (Lipinski definition) is 1. The third kappa shape index (κ3) is 6.62. The number of rotatable bonds is 0. The summed E-state index contributed by atoms with van der Waals surface area (Å²) >= 11 is 0. The minimum Gasteiger partial charge on any atom is -0.344 e. The molecule has 0 radical (unpaired) electrons. The van der Waals surface area contributed by atoms with E-state index in [4.69, 9.17) is 0 Å². The van der Waals surface area contributed by atoms with Crippen molar-refractivity contribution in [3.63, 3.8) is 0 Å². The van der Waals surface area contributed by atoms with E-state index >= 15 is 0 Å². The topological polar surface area (TPSA) is 38.2 Å². The molecule has 2 nitrogen and oxygen atoms in total. The summed E-state index contributed by atoms with van der Waals surface area (Å²) in [5.41, 5.74) is 0. The Balaban J connectivity index is -0.000000163. The Labute approximate surface area is 75.8 Å². The molecular formula is C6H18Cl2N2. The van der Waals surface area contributed by atoms with E-state index in [1.54, 1.807) is 0 Å². The summed E-state index contributed by atoms with van der Waals surface area (Å²) in [6.45, 7) is 2.64. The Morgan fingerprint density at radius 1 is 0.900 bits per heavy atom. The Morgan fingerprint density at radius 2 is 1.30 bits per heavy atom. The molecule has 1 heterocycles. The first-order valence-corrected chi connectivity index (χ1v) is 3.08. The first kappa shape index (κ1) is 16.8. The summed E-state index contributed by atoms with van der Waals surface area (Å²) in [7, 11) is 2.19. The van der Waals surface area contributed by atoms with Crippen LogP contribution in [-0.2, 0) is 0 Å². The van der Waals surface area contributed by atoms with Crippen LogP contribution in [0, 0.1) is 0 Å². The van der Waals surface area contributed by atoms with Gasteiger partial charge in [0.05, 0.1) is 0 Å². The first-order valence-electron chi connectivity index (χ1n) is 3.08. The molecular weight excluding hydrogens is 171 g/mol. The minimum atomic E-state index is 0. The maximum absolute atomic E-state index is 2.39. The molecule has 0 bridgehead atoms. The van der Waals surface area contributed by atoms with Crippen molar-refractivity contribution in [2.45, 2.75) is 19.3 Å². The zero-order valence-electron chi connectivity index (χ0n) is 6.51. The van der Waals surface area contributed by atoms with Gasteiger partial charge in [0.15, 0.2) is 0 Å². The smallest absolute Gasteiger partial charge is 0.00218 e. The van der Waals surface area contributed by atoms with Gasteiger partial charge in [0.25, 0.3) is 0 Å². The second-order valence-electron chi connectivity index (χ2n) is 2.36. The summed E-state index contributed by atoms with van der Waals surface area (Å²) < 4.78 is 0. The quantitative estimate of drug-likeness (QED) is 0.633. The lowest BCUT2D eigenvalue weighted by molar-refractivity contribution is 0.277. The summed E-state index contributed by atoms with van der Waals surface area (Å²) in [6, 6.07) is 0. The first-order chi connectivity index (χ1) is 3.39. The van der Waals surface area contributed by atoms with Gasteiger partial charge in [0.2, 0.25) is 0 Å². The largest absolute Gasteiger partial charge is 0.344 e. The Morgan fingerprint density at radius 3 is 1.50 bits per heavy atom. The second-order valence-corrected chi connectivity index (χ2v) is 2.36. The van der Waals surface area contributed by atoms with Gasteiger partial charge in [-0.05, 0) is 33.0 Å². The van der Waals surface area contributed by atoms with Crippen LogP contribution < -0.4 is 6.15 Å². The van der Waals surface area contributed by atoms with Crippen LogP contribution in [0.1, 0.15) is 19.3 Å². The third-order valence-electron chi connectivity index (χ3n) is 1.58. The molecule has 1 aliphatic rings. The highest BCUT2D eigenvalue weighted by molar-refractivity contribution is 5.85. The minimum absolute atomic E-state index is 0. The average Bonchev–Trinajstić information content (AvgIpc) is 1.69. The van der Waals surface area contributed by atoms with Crippen molar-refractivity contribution in [2.75, 3.05) is 20.1 Å². The van der Waals surface area contributed by atoms with Crippen molar-refractivity contribution < 1.29 is 0 Å². The van der Waals surface area contributed by atoms with Gasteiger partial charge in [-0.2, -0.15) is 0 Å². The fourth-order valence-electron chi connectivity index (χ4n) is 1.05. The molecule has 66 valence electrons. The van der Waals surface area contributed by atoms with E-state index in [9.17, 15) is 0 Å². The van der Waals surface area contributed by atoms with Gasteiger partial charge in [0.1, 0.15) is 0 Å². The predicted molar refractivity (Wildman–Crippen MR) is 50.9 cm³/mol. The standard InChI is InChI=1S/C6H13N.2ClH.H3N/c1-7-5-3-2-4-6-7;;;/h2-6H2,1H3;2*1H;1H3. The Bertz CT molecular complexity index is 55.7. The number of hydrogen-bond acceptors (Lipinski definition) is 2. The normalized spacial score (nSPS) is 17.7. The highest BCUT2D eigenvalue weighted by Crippen LogP contribution is 2.04. The lowest BCUT2D eigenvalue weighted by Crippen LogP contribution is -2.24. The van der Waals surface area contributed by atoms with Crippen molar-refractivity contribution in [1.82, 2.24) is 11.1 Å². The average molecular weight is 189 g/mol. The Kier molecular flexibility index (Phi) is 16.0. The molecule has 0 aliphatic carbocycles. The molecule has 1 rings (SSSR count). The summed E-state index contributed by atoms with van der Waals surface area (Å²) in [5.74, 6) is 0. The van der Waals surface area contributed by atoms with Crippen molar-refractivity contribution in [3.05, 3.63) is 0 Å². The molecule has 0 atom stereocenters. The Hall–Kier alpha value is 0.500. The molecule has 0 unspecified atom stereocenters. The van der Waals surface area contributed by atoms with E-state index in [2.05, 4.69) is 11.9 Å². The molecule has 4 heteroatoms. The summed E-state index contributed by atoms with van der Waals surface area (Å²) in [4.78, 5) is 2.39. The molecule has 0 aromatic carbocycles. The van der Waals surface area contributed by atoms with Crippen LogP contribution in [0.25, 0.3) is 0 Å². The number of piperidine rings is 1. The van der Waals surface area contributed by atoms with E-state index in [1.165, 1.54) is 32.4 Å². The van der Waals surface area contributed by atoms with Gasteiger partial charge in [-0.15, -0.1) is 24.8 Å². The predicted octanol–water partition coefficient (Wildman–Crippen LogP) is 2.11. The van der Waals surface area contributed by atoms with E-state index in [1.807, 2.05) is 0 Å². The van der Waals surface area contributed by atoms with Gasteiger partial charge >= 0.3 is 0 Å². The van der Waals surface area contributed by atoms with Gasteiger partial charge in [-0.3, -0.25) is 0 Å². The molecule has 10 heavy (non-hydrogen) atoms. The van der Waals surface area contributed by atoms with Crippen molar-refractivity contribution in [1.29, 1.82) is 0 Å². The summed E-state index contributed by atoms with van der Waals surface area (Å²) in [5, 5.41) is 0. The van der Waals surface area contributed by atoms with Crippen molar-refractivity contribution >= 4 is 24.8 Å². The molecule has 1 saturated heterocycles. The van der Waals surface area contributed by atoms with Crippen LogP contribution in [0.4, 0.5) is 0 Å². The number of halogens is 2. The molecule has 1 fully saturated rings. The molecule has 0 aromatic rings. The van der Waals surface area contributed by atoms with Crippen LogP contribution >= 0.6 is 24.8 Å². The SMILES string of the molecule is CN1CCCCC1.Cl.Cl.N. The van der Waals surface area contributed by atoms with Crippen LogP contribution in [0.3, 0.4) is 0 Å². The monoisotopic (exact) mass is 188 g/mol. The van der Waals surface area contributed by atoms with E-state index in [0.29, 0.717) is 0 Å². The van der Waals surface area contributed by atoms with Gasteiger partial charge in [-0.25, -0.2) is 0 Å². The van der Waals surface area contributed by atoms with Crippen LogP contribution in [0.5, 0.6) is 0 Å². The fourth-order valence-corrected chi connectivity index (χ4v) is 1.05. The highest BCUT2D eigenvalue weighted by atomic mass is 35.5. The maximum atomic E-state index is 2.39.